The van der Waals surface area contributed by atoms with Crippen LogP contribution in [0.25, 0.3) is 21.6 Å². The Labute approximate surface area is 127 Å². The molecule has 0 bridgehead atoms. The van der Waals surface area contributed by atoms with Gasteiger partial charge < -0.3 is 10.1 Å². The summed E-state index contributed by atoms with van der Waals surface area (Å²) in [7, 11) is 3.55. The van der Waals surface area contributed by atoms with E-state index in [1.54, 1.807) is 18.4 Å². The van der Waals surface area contributed by atoms with Crippen molar-refractivity contribution in [3.8, 4) is 17.1 Å². The maximum atomic E-state index is 5.47. The molecule has 0 aliphatic heterocycles. The van der Waals surface area contributed by atoms with E-state index in [0.717, 1.165) is 32.9 Å². The number of benzene rings is 1. The lowest BCUT2D eigenvalue weighted by atomic mass is 10.1. The summed E-state index contributed by atoms with van der Waals surface area (Å²) in [5.74, 6) is 2.33. The second-order valence-electron chi connectivity index (χ2n) is 4.93. The summed E-state index contributed by atoms with van der Waals surface area (Å²) in [6, 6.07) is 8.17. The molecular formula is C16H17N3OS. The molecule has 0 amide bonds. The number of hydrogen-bond acceptors (Lipinski definition) is 5. The average molecular weight is 299 g/mol. The molecule has 3 rings (SSSR count). The molecule has 3 aromatic rings. The van der Waals surface area contributed by atoms with Crippen molar-refractivity contribution < 1.29 is 4.74 Å². The normalized spacial score (nSPS) is 10.9. The first-order chi connectivity index (χ1) is 10.1. The highest BCUT2D eigenvalue weighted by Crippen LogP contribution is 2.34. The molecule has 0 saturated carbocycles. The summed E-state index contributed by atoms with van der Waals surface area (Å²) < 4.78 is 5.47. The molecule has 2 heterocycles. The quantitative estimate of drug-likeness (QED) is 0.793. The molecule has 1 N–H and O–H groups in total. The molecule has 4 nitrogen and oxygen atoms in total. The van der Waals surface area contributed by atoms with Crippen molar-refractivity contribution in [2.24, 2.45) is 0 Å². The van der Waals surface area contributed by atoms with Crippen LogP contribution in [0.4, 0.5) is 5.82 Å². The summed E-state index contributed by atoms with van der Waals surface area (Å²) in [5.41, 5.74) is 2.06. The van der Waals surface area contributed by atoms with Crippen LogP contribution in [0.15, 0.2) is 24.3 Å². The van der Waals surface area contributed by atoms with E-state index in [9.17, 15) is 0 Å². The van der Waals surface area contributed by atoms with Crippen LogP contribution in [0.2, 0.25) is 0 Å². The van der Waals surface area contributed by atoms with Gasteiger partial charge in [0.05, 0.1) is 18.1 Å². The summed E-state index contributed by atoms with van der Waals surface area (Å²) in [6.07, 6.45) is 0. The van der Waals surface area contributed by atoms with Gasteiger partial charge in [0, 0.05) is 11.9 Å². The van der Waals surface area contributed by atoms with E-state index in [2.05, 4.69) is 23.3 Å². The molecule has 0 unspecified atom stereocenters. The Morgan fingerprint density at radius 2 is 1.95 bits per heavy atom. The first-order valence-electron chi connectivity index (χ1n) is 6.73. The zero-order valence-corrected chi connectivity index (χ0v) is 13.3. The maximum absolute atomic E-state index is 5.47. The van der Waals surface area contributed by atoms with Gasteiger partial charge in [0.1, 0.15) is 16.4 Å². The molecule has 0 saturated heterocycles. The lowest BCUT2D eigenvalue weighted by Crippen LogP contribution is -1.98. The van der Waals surface area contributed by atoms with E-state index in [0.29, 0.717) is 5.82 Å². The van der Waals surface area contributed by atoms with Crippen LogP contribution >= 0.6 is 11.3 Å². The fraction of sp³-hybridized carbons (Fsp3) is 0.250. The standard InChI is InChI=1S/C16H17N3OS/c1-9-5-6-11(13(7-9)20-4)15-18-14(17-3)12-8-10(2)21-16(12)19-15/h5-8H,1-4H3,(H,17,18,19). The number of hydrogen-bond donors (Lipinski definition) is 1. The van der Waals surface area contributed by atoms with E-state index in [-0.39, 0.29) is 0 Å². The number of aryl methyl sites for hydroxylation is 2. The van der Waals surface area contributed by atoms with Gasteiger partial charge in [-0.1, -0.05) is 6.07 Å². The lowest BCUT2D eigenvalue weighted by molar-refractivity contribution is 0.416. The second kappa shape index (κ2) is 5.33. The SMILES string of the molecule is CNc1nc(-c2ccc(C)cc2OC)nc2sc(C)cc12. The molecule has 2 aromatic heterocycles. The molecule has 5 heteroatoms. The molecule has 0 radical (unpaired) electrons. The van der Waals surface area contributed by atoms with Gasteiger partial charge in [-0.15, -0.1) is 11.3 Å². The monoisotopic (exact) mass is 299 g/mol. The van der Waals surface area contributed by atoms with Gasteiger partial charge in [0.15, 0.2) is 5.82 Å². The van der Waals surface area contributed by atoms with E-state index < -0.39 is 0 Å². The van der Waals surface area contributed by atoms with Gasteiger partial charge >= 0.3 is 0 Å². The van der Waals surface area contributed by atoms with Crippen LogP contribution < -0.4 is 10.1 Å². The number of ether oxygens (including phenoxy) is 1. The van der Waals surface area contributed by atoms with Crippen molar-refractivity contribution in [3.05, 3.63) is 34.7 Å². The molecular weight excluding hydrogens is 282 g/mol. The summed E-state index contributed by atoms with van der Waals surface area (Å²) in [4.78, 5) is 11.6. The molecule has 0 spiro atoms. The van der Waals surface area contributed by atoms with Gasteiger partial charge in [-0.2, -0.15) is 0 Å². The number of nitrogens with one attached hydrogen (secondary N) is 1. The van der Waals surface area contributed by atoms with Gasteiger partial charge in [0.2, 0.25) is 0 Å². The van der Waals surface area contributed by atoms with Crippen LogP contribution in [0.5, 0.6) is 5.75 Å². The van der Waals surface area contributed by atoms with Crippen molar-refractivity contribution in [2.45, 2.75) is 13.8 Å². The minimum atomic E-state index is 0.686. The van der Waals surface area contributed by atoms with E-state index in [1.807, 2.05) is 32.2 Å². The lowest BCUT2D eigenvalue weighted by Gasteiger charge is -2.10. The largest absolute Gasteiger partial charge is 0.496 e. The number of anilines is 1. The maximum Gasteiger partial charge on any atom is 0.166 e. The predicted molar refractivity (Wildman–Crippen MR) is 88.4 cm³/mol. The summed E-state index contributed by atoms with van der Waals surface area (Å²) >= 11 is 1.68. The van der Waals surface area contributed by atoms with Crippen molar-refractivity contribution in [2.75, 3.05) is 19.5 Å². The average Bonchev–Trinajstić information content (AvgIpc) is 2.86. The van der Waals surface area contributed by atoms with Crippen LogP contribution in [-0.4, -0.2) is 24.1 Å². The third kappa shape index (κ3) is 2.45. The topological polar surface area (TPSA) is 47.0 Å². The van der Waals surface area contributed by atoms with Crippen LogP contribution in [0.1, 0.15) is 10.4 Å². The third-order valence-corrected chi connectivity index (χ3v) is 4.30. The number of nitrogens with zero attached hydrogens (tertiary/aromatic N) is 2. The second-order valence-corrected chi connectivity index (χ2v) is 6.16. The Balaban J connectivity index is 2.25. The first kappa shape index (κ1) is 13.8. The molecule has 0 atom stereocenters. The fourth-order valence-electron chi connectivity index (χ4n) is 2.34. The van der Waals surface area contributed by atoms with Crippen LogP contribution in [0.3, 0.4) is 0 Å². The number of rotatable bonds is 3. The molecule has 0 fully saturated rings. The van der Waals surface area contributed by atoms with Gasteiger partial charge in [-0.25, -0.2) is 9.97 Å². The molecule has 21 heavy (non-hydrogen) atoms. The number of aromatic nitrogens is 2. The van der Waals surface area contributed by atoms with E-state index in [1.165, 1.54) is 4.88 Å². The Bertz CT molecular complexity index is 811. The zero-order valence-electron chi connectivity index (χ0n) is 12.5. The molecule has 1 aromatic carbocycles. The van der Waals surface area contributed by atoms with Crippen molar-refractivity contribution in [1.29, 1.82) is 0 Å². The van der Waals surface area contributed by atoms with Gasteiger partial charge in [0.25, 0.3) is 0 Å². The Morgan fingerprint density at radius 3 is 2.67 bits per heavy atom. The number of fused-ring (bicyclic) bond motifs is 1. The predicted octanol–water partition coefficient (Wildman–Crippen LogP) is 4.03. The van der Waals surface area contributed by atoms with Crippen molar-refractivity contribution >= 4 is 27.4 Å². The Kier molecular flexibility index (Phi) is 3.51. The molecule has 0 aliphatic rings. The van der Waals surface area contributed by atoms with E-state index in [4.69, 9.17) is 9.72 Å². The Hall–Kier alpha value is -2.14. The first-order valence-corrected chi connectivity index (χ1v) is 7.55. The highest BCUT2D eigenvalue weighted by molar-refractivity contribution is 7.18. The molecule has 108 valence electrons. The molecule has 0 aliphatic carbocycles. The smallest absolute Gasteiger partial charge is 0.166 e. The van der Waals surface area contributed by atoms with E-state index >= 15 is 0 Å². The highest BCUT2D eigenvalue weighted by atomic mass is 32.1. The van der Waals surface area contributed by atoms with Crippen LogP contribution in [0, 0.1) is 13.8 Å². The van der Waals surface area contributed by atoms with Crippen LogP contribution in [-0.2, 0) is 0 Å². The fourth-order valence-corrected chi connectivity index (χ4v) is 3.22. The van der Waals surface area contributed by atoms with Gasteiger partial charge in [-0.05, 0) is 37.6 Å². The third-order valence-electron chi connectivity index (χ3n) is 3.35. The van der Waals surface area contributed by atoms with Crippen molar-refractivity contribution in [1.82, 2.24) is 9.97 Å². The minimum Gasteiger partial charge on any atom is -0.496 e. The Morgan fingerprint density at radius 1 is 1.14 bits per heavy atom. The minimum absolute atomic E-state index is 0.686. The number of thiophene rings is 1. The van der Waals surface area contributed by atoms with Gasteiger partial charge in [-0.3, -0.25) is 0 Å². The number of methoxy groups -OCH3 is 1. The van der Waals surface area contributed by atoms with Crippen molar-refractivity contribution in [3.63, 3.8) is 0 Å². The summed E-state index contributed by atoms with van der Waals surface area (Å²) in [5, 5.41) is 4.22. The highest BCUT2D eigenvalue weighted by Gasteiger charge is 2.14. The zero-order chi connectivity index (χ0) is 15.0. The summed E-state index contributed by atoms with van der Waals surface area (Å²) in [6.45, 7) is 4.12.